The van der Waals surface area contributed by atoms with Crippen LogP contribution in [0.5, 0.6) is 5.75 Å². The Balaban J connectivity index is 2.50. The summed E-state index contributed by atoms with van der Waals surface area (Å²) < 4.78 is 42.1. The highest BCUT2D eigenvalue weighted by Gasteiger charge is 2.30. The van der Waals surface area contributed by atoms with E-state index in [-0.39, 0.29) is 24.6 Å². The first kappa shape index (κ1) is 16.2. The summed E-state index contributed by atoms with van der Waals surface area (Å²) in [6.07, 6.45) is -5.55. The first-order chi connectivity index (χ1) is 9.20. The number of aliphatic hydroxyl groups excluding tert-OH is 1. The number of alkyl halides is 3. The Labute approximate surface area is 114 Å². The Morgan fingerprint density at radius 3 is 2.35 bits per heavy atom. The zero-order valence-corrected chi connectivity index (χ0v) is 10.9. The molecule has 1 rings (SSSR count). The van der Waals surface area contributed by atoms with Gasteiger partial charge in [0.2, 0.25) is 0 Å². The van der Waals surface area contributed by atoms with E-state index in [1.807, 2.05) is 0 Å². The van der Waals surface area contributed by atoms with Crippen LogP contribution in [0.4, 0.5) is 13.2 Å². The molecular weight excluding hydrogens is 273 g/mol. The van der Waals surface area contributed by atoms with Crippen LogP contribution < -0.4 is 4.74 Å². The second-order valence-corrected chi connectivity index (χ2v) is 4.39. The van der Waals surface area contributed by atoms with Gasteiger partial charge in [0.05, 0.1) is 11.7 Å². The number of allylic oxidation sites excluding steroid dienone is 1. The largest absolute Gasteiger partial charge is 0.491 e. The molecule has 0 bridgehead atoms. The van der Waals surface area contributed by atoms with Crippen molar-refractivity contribution in [2.45, 2.75) is 25.6 Å². The Kier molecular flexibility index (Phi) is 5.33. The lowest BCUT2D eigenvalue weighted by atomic mass is 10.1. The molecule has 0 saturated carbocycles. The summed E-state index contributed by atoms with van der Waals surface area (Å²) in [7, 11) is 0. The van der Waals surface area contributed by atoms with Crippen LogP contribution in [0.2, 0.25) is 0 Å². The van der Waals surface area contributed by atoms with Crippen LogP contribution in [0.25, 0.3) is 0 Å². The molecule has 0 aliphatic rings. The number of ketones is 1. The summed E-state index contributed by atoms with van der Waals surface area (Å²) in [5.41, 5.74) is -0.443. The standard InChI is InChI=1S/C14H15F3O3/c1-9(2)13(19)7-11(18)8-20-12-5-3-10(4-6-12)14(15,16)17/h3-6,11,18H,1,7-8H2,2H3. The predicted molar refractivity (Wildman–Crippen MR) is 67.4 cm³/mol. The van der Waals surface area contributed by atoms with Gasteiger partial charge in [0.25, 0.3) is 0 Å². The van der Waals surface area contributed by atoms with Crippen LogP contribution in [0.15, 0.2) is 36.4 Å². The number of rotatable bonds is 6. The molecule has 0 heterocycles. The van der Waals surface area contributed by atoms with E-state index >= 15 is 0 Å². The maximum absolute atomic E-state index is 12.3. The van der Waals surface area contributed by atoms with Crippen molar-refractivity contribution in [3.63, 3.8) is 0 Å². The molecule has 0 fully saturated rings. The van der Waals surface area contributed by atoms with Crippen molar-refractivity contribution < 1.29 is 27.8 Å². The van der Waals surface area contributed by atoms with E-state index in [0.29, 0.717) is 5.57 Å². The monoisotopic (exact) mass is 288 g/mol. The smallest absolute Gasteiger partial charge is 0.416 e. The molecule has 3 nitrogen and oxygen atoms in total. The highest BCUT2D eigenvalue weighted by Crippen LogP contribution is 2.30. The first-order valence-electron chi connectivity index (χ1n) is 5.87. The van der Waals surface area contributed by atoms with E-state index in [4.69, 9.17) is 4.74 Å². The number of hydrogen-bond donors (Lipinski definition) is 1. The molecule has 1 N–H and O–H groups in total. The number of Topliss-reactive ketones (excluding diaryl/α,β-unsaturated/α-hetero) is 1. The number of benzene rings is 1. The van der Waals surface area contributed by atoms with Crippen molar-refractivity contribution in [1.82, 2.24) is 0 Å². The van der Waals surface area contributed by atoms with Crippen molar-refractivity contribution in [2.24, 2.45) is 0 Å². The Hall–Kier alpha value is -1.82. The van der Waals surface area contributed by atoms with Crippen LogP contribution in [0.3, 0.4) is 0 Å². The molecule has 0 aliphatic heterocycles. The van der Waals surface area contributed by atoms with Gasteiger partial charge in [0.15, 0.2) is 5.78 Å². The van der Waals surface area contributed by atoms with Crippen LogP contribution in [-0.4, -0.2) is 23.6 Å². The van der Waals surface area contributed by atoms with Gasteiger partial charge in [0.1, 0.15) is 12.4 Å². The Morgan fingerprint density at radius 2 is 1.90 bits per heavy atom. The van der Waals surface area contributed by atoms with Gasteiger partial charge in [-0.05, 0) is 36.8 Å². The van der Waals surface area contributed by atoms with E-state index in [1.54, 1.807) is 0 Å². The average Bonchev–Trinajstić information content (AvgIpc) is 2.35. The maximum atomic E-state index is 12.3. The molecule has 0 aromatic heterocycles. The number of aliphatic hydroxyl groups is 1. The normalized spacial score (nSPS) is 12.8. The summed E-state index contributed by atoms with van der Waals surface area (Å²) in [4.78, 5) is 11.3. The van der Waals surface area contributed by atoms with Gasteiger partial charge in [-0.15, -0.1) is 0 Å². The van der Waals surface area contributed by atoms with E-state index < -0.39 is 17.8 Å². The summed E-state index contributed by atoms with van der Waals surface area (Å²) in [6.45, 7) is 4.81. The van der Waals surface area contributed by atoms with Gasteiger partial charge in [-0.3, -0.25) is 4.79 Å². The minimum absolute atomic E-state index is 0.129. The molecule has 110 valence electrons. The third kappa shape index (κ3) is 5.05. The Morgan fingerprint density at radius 1 is 1.35 bits per heavy atom. The van der Waals surface area contributed by atoms with Gasteiger partial charge in [-0.1, -0.05) is 6.58 Å². The van der Waals surface area contributed by atoms with Crippen molar-refractivity contribution in [3.05, 3.63) is 42.0 Å². The van der Waals surface area contributed by atoms with E-state index in [1.165, 1.54) is 6.92 Å². The minimum atomic E-state index is -4.40. The van der Waals surface area contributed by atoms with Crippen LogP contribution in [0, 0.1) is 0 Å². The fourth-order valence-electron chi connectivity index (χ4n) is 1.38. The van der Waals surface area contributed by atoms with Gasteiger partial charge >= 0.3 is 6.18 Å². The molecule has 1 atom stereocenters. The van der Waals surface area contributed by atoms with E-state index in [0.717, 1.165) is 24.3 Å². The first-order valence-corrected chi connectivity index (χ1v) is 5.87. The van der Waals surface area contributed by atoms with Crippen LogP contribution in [0.1, 0.15) is 18.9 Å². The maximum Gasteiger partial charge on any atom is 0.416 e. The number of ether oxygens (including phenoxy) is 1. The number of halogens is 3. The van der Waals surface area contributed by atoms with Gasteiger partial charge in [-0.25, -0.2) is 0 Å². The second kappa shape index (κ2) is 6.56. The molecular formula is C14H15F3O3. The fraction of sp³-hybridized carbons (Fsp3) is 0.357. The van der Waals surface area contributed by atoms with E-state index in [2.05, 4.69) is 6.58 Å². The summed E-state index contributed by atoms with van der Waals surface area (Å²) in [5, 5.41) is 9.55. The lowest BCUT2D eigenvalue weighted by Gasteiger charge is -2.12. The summed E-state index contributed by atoms with van der Waals surface area (Å²) >= 11 is 0. The molecule has 20 heavy (non-hydrogen) atoms. The van der Waals surface area contributed by atoms with Gasteiger partial charge in [0, 0.05) is 6.42 Å². The summed E-state index contributed by atoms with van der Waals surface area (Å²) in [5.74, 6) is -0.0895. The van der Waals surface area contributed by atoms with Gasteiger partial charge in [-0.2, -0.15) is 13.2 Å². The third-order valence-corrected chi connectivity index (χ3v) is 2.52. The van der Waals surface area contributed by atoms with Crippen molar-refractivity contribution in [1.29, 1.82) is 0 Å². The molecule has 6 heteroatoms. The minimum Gasteiger partial charge on any atom is -0.491 e. The zero-order chi connectivity index (χ0) is 15.3. The number of carbonyl (C=O) groups excluding carboxylic acids is 1. The van der Waals surface area contributed by atoms with Crippen molar-refractivity contribution >= 4 is 5.78 Å². The topological polar surface area (TPSA) is 46.5 Å². The molecule has 0 aliphatic carbocycles. The fourth-order valence-corrected chi connectivity index (χ4v) is 1.38. The quantitative estimate of drug-likeness (QED) is 0.819. The molecule has 0 saturated heterocycles. The molecule has 0 amide bonds. The predicted octanol–water partition coefficient (Wildman–Crippen LogP) is 2.98. The summed E-state index contributed by atoms with van der Waals surface area (Å²) in [6, 6.07) is 4.10. The molecule has 1 unspecified atom stereocenters. The SMILES string of the molecule is C=C(C)C(=O)CC(O)COc1ccc(C(F)(F)F)cc1. The third-order valence-electron chi connectivity index (χ3n) is 2.52. The number of hydrogen-bond acceptors (Lipinski definition) is 3. The van der Waals surface area contributed by atoms with Crippen molar-refractivity contribution in [2.75, 3.05) is 6.61 Å². The zero-order valence-electron chi connectivity index (χ0n) is 10.9. The highest BCUT2D eigenvalue weighted by molar-refractivity contribution is 5.94. The van der Waals surface area contributed by atoms with E-state index in [9.17, 15) is 23.1 Å². The van der Waals surface area contributed by atoms with Crippen LogP contribution >= 0.6 is 0 Å². The molecule has 1 aromatic rings. The average molecular weight is 288 g/mol. The lowest BCUT2D eigenvalue weighted by Crippen LogP contribution is -2.21. The Bertz CT molecular complexity index is 477. The molecule has 1 aromatic carbocycles. The molecule has 0 spiro atoms. The van der Waals surface area contributed by atoms with Crippen molar-refractivity contribution in [3.8, 4) is 5.75 Å². The highest BCUT2D eigenvalue weighted by atomic mass is 19.4. The lowest BCUT2D eigenvalue weighted by molar-refractivity contribution is -0.137. The molecule has 0 radical (unpaired) electrons. The van der Waals surface area contributed by atoms with Gasteiger partial charge < -0.3 is 9.84 Å². The number of carbonyl (C=O) groups is 1. The second-order valence-electron chi connectivity index (χ2n) is 4.39. The van der Waals surface area contributed by atoms with Crippen LogP contribution in [-0.2, 0) is 11.0 Å².